The summed E-state index contributed by atoms with van der Waals surface area (Å²) in [5, 5.41) is 8.72. The van der Waals surface area contributed by atoms with Gasteiger partial charge in [0.25, 0.3) is 0 Å². The average Bonchev–Trinajstić information content (AvgIpc) is 2.47. The molecule has 1 heterocycles. The third kappa shape index (κ3) is 3.42. The third-order valence-corrected chi connectivity index (χ3v) is 2.20. The van der Waals surface area contributed by atoms with E-state index in [2.05, 4.69) is 0 Å². The molecule has 1 saturated heterocycles. The van der Waals surface area contributed by atoms with Crippen molar-refractivity contribution < 1.29 is 19.4 Å². The number of esters is 1. The Morgan fingerprint density at radius 1 is 1.40 bits per heavy atom. The highest BCUT2D eigenvalue weighted by Gasteiger charge is 2.33. The molecule has 86 valence electrons. The molecule has 0 aromatic rings. The number of carbonyl (C=O) groups is 2. The molecule has 15 heavy (non-hydrogen) atoms. The number of hydrogen-bond acceptors (Lipinski definition) is 3. The van der Waals surface area contributed by atoms with E-state index in [1.807, 2.05) is 0 Å². The van der Waals surface area contributed by atoms with Crippen LogP contribution in [0.2, 0.25) is 0 Å². The van der Waals surface area contributed by atoms with E-state index >= 15 is 0 Å². The van der Waals surface area contributed by atoms with Gasteiger partial charge in [0.15, 0.2) is 0 Å². The van der Waals surface area contributed by atoms with Gasteiger partial charge >= 0.3 is 12.1 Å². The van der Waals surface area contributed by atoms with Crippen LogP contribution < -0.4 is 0 Å². The molecule has 0 saturated carbocycles. The molecule has 1 unspecified atom stereocenters. The average molecular weight is 215 g/mol. The van der Waals surface area contributed by atoms with E-state index in [9.17, 15) is 9.59 Å². The molecule has 0 spiro atoms. The first-order valence-electron chi connectivity index (χ1n) is 5.00. The van der Waals surface area contributed by atoms with E-state index < -0.39 is 11.7 Å². The fourth-order valence-corrected chi connectivity index (χ4v) is 1.51. The molecule has 1 rings (SSSR count). The maximum atomic E-state index is 11.6. The number of hydrogen-bond donors (Lipinski definition) is 1. The van der Waals surface area contributed by atoms with E-state index in [4.69, 9.17) is 9.84 Å². The van der Waals surface area contributed by atoms with E-state index in [-0.39, 0.29) is 18.4 Å². The lowest BCUT2D eigenvalue weighted by Gasteiger charge is -2.21. The molecule has 1 atom stereocenters. The van der Waals surface area contributed by atoms with Crippen molar-refractivity contribution in [1.82, 2.24) is 4.90 Å². The number of carbonyl (C=O) groups excluding carboxylic acids is 1. The first-order valence-corrected chi connectivity index (χ1v) is 5.00. The Balaban J connectivity index is 2.47. The molecule has 0 aliphatic carbocycles. The van der Waals surface area contributed by atoms with Gasteiger partial charge in [-0.1, -0.05) is 0 Å². The Kier molecular flexibility index (Phi) is 3.21. The lowest BCUT2D eigenvalue weighted by atomic mass is 10.1. The van der Waals surface area contributed by atoms with Crippen LogP contribution in [0, 0.1) is 5.92 Å². The molecule has 0 radical (unpaired) electrons. The number of carboxylic acid groups (broad SMARTS) is 1. The van der Waals surface area contributed by atoms with Crippen LogP contribution in [0.15, 0.2) is 0 Å². The summed E-state index contributed by atoms with van der Waals surface area (Å²) in [5.74, 6) is -0.605. The van der Waals surface area contributed by atoms with Crippen LogP contribution in [0.3, 0.4) is 0 Å². The lowest BCUT2D eigenvalue weighted by molar-refractivity contribution is -0.159. The van der Waals surface area contributed by atoms with E-state index in [1.54, 1.807) is 20.8 Å². The van der Waals surface area contributed by atoms with Crippen molar-refractivity contribution in [3.8, 4) is 0 Å². The summed E-state index contributed by atoms with van der Waals surface area (Å²) in [6.07, 6.45) is -0.414. The van der Waals surface area contributed by atoms with Crippen LogP contribution in [-0.2, 0) is 9.53 Å². The number of nitrogens with zero attached hydrogens (tertiary/aromatic N) is 1. The molecular weight excluding hydrogens is 198 g/mol. The van der Waals surface area contributed by atoms with Crippen molar-refractivity contribution in [1.29, 1.82) is 0 Å². The minimum Gasteiger partial charge on any atom is -0.465 e. The molecule has 1 aliphatic heterocycles. The van der Waals surface area contributed by atoms with Crippen LogP contribution in [0.25, 0.3) is 0 Å². The summed E-state index contributed by atoms with van der Waals surface area (Å²) in [6, 6.07) is 0. The zero-order chi connectivity index (χ0) is 11.6. The highest BCUT2D eigenvalue weighted by Crippen LogP contribution is 2.20. The zero-order valence-electron chi connectivity index (χ0n) is 9.32. The molecule has 1 N–H and O–H groups in total. The predicted molar refractivity (Wildman–Crippen MR) is 53.5 cm³/mol. The lowest BCUT2D eigenvalue weighted by Crippen LogP contribution is -2.32. The highest BCUT2D eigenvalue weighted by molar-refractivity contribution is 5.75. The topological polar surface area (TPSA) is 66.8 Å². The Morgan fingerprint density at radius 2 is 2.00 bits per heavy atom. The van der Waals surface area contributed by atoms with Gasteiger partial charge in [0, 0.05) is 13.1 Å². The smallest absolute Gasteiger partial charge is 0.407 e. The number of likely N-dealkylation sites (tertiary alicyclic amines) is 1. The number of rotatable bonds is 1. The SMILES string of the molecule is CC(C)(C)OC(=O)C1CCN(C(=O)O)C1. The van der Waals surface area contributed by atoms with Crippen LogP contribution in [0.1, 0.15) is 27.2 Å². The molecule has 0 aromatic carbocycles. The maximum absolute atomic E-state index is 11.6. The Bertz CT molecular complexity index is 269. The summed E-state index contributed by atoms with van der Waals surface area (Å²) in [5.41, 5.74) is -0.506. The minimum atomic E-state index is -0.971. The first kappa shape index (κ1) is 11.8. The standard InChI is InChI=1S/C10H17NO4/c1-10(2,3)15-8(12)7-4-5-11(6-7)9(13)14/h7H,4-6H2,1-3H3,(H,13,14). The number of ether oxygens (including phenoxy) is 1. The molecule has 1 fully saturated rings. The second kappa shape index (κ2) is 4.08. The second-order valence-corrected chi connectivity index (χ2v) is 4.75. The van der Waals surface area contributed by atoms with Crippen LogP contribution in [-0.4, -0.2) is 40.8 Å². The fraction of sp³-hybridized carbons (Fsp3) is 0.800. The van der Waals surface area contributed by atoms with Gasteiger partial charge in [-0.3, -0.25) is 4.79 Å². The van der Waals surface area contributed by atoms with Gasteiger partial charge in [0.1, 0.15) is 5.60 Å². The first-order chi connectivity index (χ1) is 6.79. The van der Waals surface area contributed by atoms with Crippen LogP contribution >= 0.6 is 0 Å². The Morgan fingerprint density at radius 3 is 2.40 bits per heavy atom. The Hall–Kier alpha value is -1.26. The summed E-state index contributed by atoms with van der Waals surface area (Å²) in [6.45, 7) is 6.07. The molecule has 0 aromatic heterocycles. The van der Waals surface area contributed by atoms with Gasteiger partial charge in [-0.05, 0) is 27.2 Å². The summed E-state index contributed by atoms with van der Waals surface area (Å²) >= 11 is 0. The van der Waals surface area contributed by atoms with Gasteiger partial charge in [-0.15, -0.1) is 0 Å². The quantitative estimate of drug-likeness (QED) is 0.670. The normalized spacial score (nSPS) is 21.5. The summed E-state index contributed by atoms with van der Waals surface area (Å²) in [4.78, 5) is 23.5. The monoisotopic (exact) mass is 215 g/mol. The summed E-state index contributed by atoms with van der Waals surface area (Å²) in [7, 11) is 0. The predicted octanol–water partition coefficient (Wildman–Crippen LogP) is 1.33. The van der Waals surface area contributed by atoms with Crippen molar-refractivity contribution in [2.75, 3.05) is 13.1 Å². The van der Waals surface area contributed by atoms with Gasteiger partial charge in [0.2, 0.25) is 0 Å². The van der Waals surface area contributed by atoms with Gasteiger partial charge < -0.3 is 14.7 Å². The van der Waals surface area contributed by atoms with Gasteiger partial charge in [0.05, 0.1) is 5.92 Å². The molecule has 0 bridgehead atoms. The maximum Gasteiger partial charge on any atom is 0.407 e. The highest BCUT2D eigenvalue weighted by atomic mass is 16.6. The summed E-state index contributed by atoms with van der Waals surface area (Å²) < 4.78 is 5.19. The van der Waals surface area contributed by atoms with E-state index in [1.165, 1.54) is 4.90 Å². The Labute approximate surface area is 89.0 Å². The minimum absolute atomic E-state index is 0.254. The third-order valence-electron chi connectivity index (χ3n) is 2.20. The second-order valence-electron chi connectivity index (χ2n) is 4.75. The van der Waals surface area contributed by atoms with E-state index in [0.29, 0.717) is 13.0 Å². The van der Waals surface area contributed by atoms with Crippen molar-refractivity contribution >= 4 is 12.1 Å². The van der Waals surface area contributed by atoms with Gasteiger partial charge in [-0.25, -0.2) is 4.79 Å². The van der Waals surface area contributed by atoms with Gasteiger partial charge in [-0.2, -0.15) is 0 Å². The molecular formula is C10H17NO4. The van der Waals surface area contributed by atoms with Crippen molar-refractivity contribution in [2.24, 2.45) is 5.92 Å². The van der Waals surface area contributed by atoms with Crippen molar-refractivity contribution in [3.05, 3.63) is 0 Å². The van der Waals surface area contributed by atoms with Crippen LogP contribution in [0.5, 0.6) is 0 Å². The van der Waals surface area contributed by atoms with Crippen molar-refractivity contribution in [2.45, 2.75) is 32.8 Å². The van der Waals surface area contributed by atoms with Crippen LogP contribution in [0.4, 0.5) is 4.79 Å². The molecule has 5 nitrogen and oxygen atoms in total. The largest absolute Gasteiger partial charge is 0.465 e. The molecule has 5 heteroatoms. The van der Waals surface area contributed by atoms with E-state index in [0.717, 1.165) is 0 Å². The zero-order valence-corrected chi connectivity index (χ0v) is 9.32. The fourth-order valence-electron chi connectivity index (χ4n) is 1.51. The molecule has 1 amide bonds. The molecule has 1 aliphatic rings. The number of amides is 1. The van der Waals surface area contributed by atoms with Crippen molar-refractivity contribution in [3.63, 3.8) is 0 Å².